The lowest BCUT2D eigenvalue weighted by Crippen LogP contribution is -2.49. The molecule has 1 aromatic heterocycles. The van der Waals surface area contributed by atoms with Crippen LogP contribution in [0.3, 0.4) is 0 Å². The van der Waals surface area contributed by atoms with E-state index in [-0.39, 0.29) is 0 Å². The van der Waals surface area contributed by atoms with Crippen molar-refractivity contribution in [3.8, 4) is 0 Å². The molecule has 0 aromatic carbocycles. The number of hydrogen-bond acceptors (Lipinski definition) is 4. The van der Waals surface area contributed by atoms with Gasteiger partial charge in [0.05, 0.1) is 17.7 Å². The summed E-state index contributed by atoms with van der Waals surface area (Å²) in [4.78, 5) is 18.1. The minimum absolute atomic E-state index is 0.296. The van der Waals surface area contributed by atoms with E-state index in [1.54, 1.807) is 0 Å². The predicted octanol–water partition coefficient (Wildman–Crippen LogP) is 2.15. The SMILES string of the molecule is O=C(c1cnccc1C(F)(F)F)C1CN2CCCC2CO1. The summed E-state index contributed by atoms with van der Waals surface area (Å²) in [5.41, 5.74) is -1.36. The Morgan fingerprint density at radius 1 is 1.43 bits per heavy atom. The lowest BCUT2D eigenvalue weighted by atomic mass is 10.0. The van der Waals surface area contributed by atoms with E-state index in [4.69, 9.17) is 4.74 Å². The van der Waals surface area contributed by atoms with Gasteiger partial charge in [-0.25, -0.2) is 0 Å². The lowest BCUT2D eigenvalue weighted by Gasteiger charge is -2.34. The predicted molar refractivity (Wildman–Crippen MR) is 67.9 cm³/mol. The van der Waals surface area contributed by atoms with Crippen LogP contribution in [0, 0.1) is 0 Å². The van der Waals surface area contributed by atoms with Crippen LogP contribution in [0.4, 0.5) is 13.2 Å². The van der Waals surface area contributed by atoms with Gasteiger partial charge in [0, 0.05) is 25.0 Å². The molecule has 3 heterocycles. The molecule has 3 rings (SSSR count). The number of ketones is 1. The average Bonchev–Trinajstić information content (AvgIpc) is 2.93. The molecule has 2 unspecified atom stereocenters. The van der Waals surface area contributed by atoms with Crippen LogP contribution in [0.1, 0.15) is 28.8 Å². The van der Waals surface area contributed by atoms with Crippen molar-refractivity contribution in [1.82, 2.24) is 9.88 Å². The summed E-state index contributed by atoms with van der Waals surface area (Å²) in [7, 11) is 0. The summed E-state index contributed by atoms with van der Waals surface area (Å²) in [6.45, 7) is 1.63. The third-order valence-electron chi connectivity index (χ3n) is 4.07. The summed E-state index contributed by atoms with van der Waals surface area (Å²) < 4.78 is 44.4. The number of ether oxygens (including phenoxy) is 1. The van der Waals surface area contributed by atoms with E-state index >= 15 is 0 Å². The Labute approximate surface area is 119 Å². The summed E-state index contributed by atoms with van der Waals surface area (Å²) in [6, 6.07) is 1.12. The molecule has 4 nitrogen and oxygen atoms in total. The van der Waals surface area contributed by atoms with Crippen molar-refractivity contribution >= 4 is 5.78 Å². The minimum Gasteiger partial charge on any atom is -0.367 e. The first-order valence-corrected chi connectivity index (χ1v) is 6.88. The summed E-state index contributed by atoms with van der Waals surface area (Å²) in [6.07, 6.45) is -1.34. The van der Waals surface area contributed by atoms with Crippen molar-refractivity contribution in [2.24, 2.45) is 0 Å². The minimum atomic E-state index is -4.57. The van der Waals surface area contributed by atoms with E-state index in [2.05, 4.69) is 9.88 Å². The highest BCUT2D eigenvalue weighted by molar-refractivity contribution is 6.00. The molecular weight excluding hydrogens is 285 g/mol. The molecule has 2 saturated heterocycles. The quantitative estimate of drug-likeness (QED) is 0.785. The first-order valence-electron chi connectivity index (χ1n) is 6.88. The fourth-order valence-electron chi connectivity index (χ4n) is 2.99. The van der Waals surface area contributed by atoms with Gasteiger partial charge >= 0.3 is 6.18 Å². The van der Waals surface area contributed by atoms with Gasteiger partial charge in [-0.1, -0.05) is 0 Å². The van der Waals surface area contributed by atoms with Crippen molar-refractivity contribution in [1.29, 1.82) is 0 Å². The normalized spacial score (nSPS) is 26.6. The molecule has 7 heteroatoms. The fourth-order valence-corrected chi connectivity index (χ4v) is 2.99. The van der Waals surface area contributed by atoms with Crippen LogP contribution in [-0.2, 0) is 10.9 Å². The Morgan fingerprint density at radius 3 is 3.00 bits per heavy atom. The second-order valence-electron chi connectivity index (χ2n) is 5.40. The molecule has 0 bridgehead atoms. The number of carbonyl (C=O) groups is 1. The van der Waals surface area contributed by atoms with Gasteiger partial charge in [0.25, 0.3) is 0 Å². The molecule has 0 saturated carbocycles. The van der Waals surface area contributed by atoms with E-state index in [9.17, 15) is 18.0 Å². The number of alkyl halides is 3. The molecule has 0 aliphatic carbocycles. The van der Waals surface area contributed by atoms with Crippen LogP contribution < -0.4 is 0 Å². The fraction of sp³-hybridized carbons (Fsp3) is 0.571. The second kappa shape index (κ2) is 5.38. The molecule has 0 spiro atoms. The average molecular weight is 300 g/mol. The van der Waals surface area contributed by atoms with Gasteiger partial charge in [0.1, 0.15) is 6.10 Å². The highest BCUT2D eigenvalue weighted by atomic mass is 19.4. The molecule has 0 amide bonds. The number of carbonyl (C=O) groups excluding carboxylic acids is 1. The second-order valence-corrected chi connectivity index (χ2v) is 5.40. The first-order chi connectivity index (χ1) is 9.97. The monoisotopic (exact) mass is 300 g/mol. The van der Waals surface area contributed by atoms with Crippen LogP contribution in [0.5, 0.6) is 0 Å². The number of hydrogen-bond donors (Lipinski definition) is 0. The van der Waals surface area contributed by atoms with Crippen molar-refractivity contribution in [3.63, 3.8) is 0 Å². The van der Waals surface area contributed by atoms with Crippen LogP contribution in [0.15, 0.2) is 18.5 Å². The van der Waals surface area contributed by atoms with Gasteiger partial charge in [0.15, 0.2) is 5.78 Å². The van der Waals surface area contributed by atoms with Gasteiger partial charge < -0.3 is 4.74 Å². The summed E-state index contributed by atoms with van der Waals surface area (Å²) in [5.74, 6) is -0.638. The van der Waals surface area contributed by atoms with E-state index < -0.39 is 29.2 Å². The number of rotatable bonds is 2. The molecule has 114 valence electrons. The standard InChI is InChI=1S/C14H15F3N2O2/c15-14(16,17)11-3-4-18-6-10(11)13(20)12-7-19-5-1-2-9(19)8-21-12/h3-4,6,9,12H,1-2,5,7-8H2. The highest BCUT2D eigenvalue weighted by Crippen LogP contribution is 2.33. The van der Waals surface area contributed by atoms with Gasteiger partial charge in [-0.2, -0.15) is 13.2 Å². The molecule has 21 heavy (non-hydrogen) atoms. The van der Waals surface area contributed by atoms with Crippen molar-refractivity contribution in [2.75, 3.05) is 19.7 Å². The number of aromatic nitrogens is 1. The van der Waals surface area contributed by atoms with Gasteiger partial charge in [-0.3, -0.25) is 14.7 Å². The summed E-state index contributed by atoms with van der Waals surface area (Å²) in [5, 5.41) is 0. The molecule has 2 atom stereocenters. The number of nitrogens with zero attached hydrogens (tertiary/aromatic N) is 2. The Hall–Kier alpha value is -1.47. The maximum absolute atomic E-state index is 13.0. The third-order valence-corrected chi connectivity index (χ3v) is 4.07. The molecule has 1 aromatic rings. The largest absolute Gasteiger partial charge is 0.417 e. The van der Waals surface area contributed by atoms with Crippen LogP contribution >= 0.6 is 0 Å². The Bertz CT molecular complexity index is 547. The number of morpholine rings is 1. The number of pyridine rings is 1. The Kier molecular flexibility index (Phi) is 3.71. The number of fused-ring (bicyclic) bond motifs is 1. The van der Waals surface area contributed by atoms with Crippen molar-refractivity contribution in [3.05, 3.63) is 29.6 Å². The first kappa shape index (κ1) is 14.5. The Morgan fingerprint density at radius 2 is 2.24 bits per heavy atom. The van der Waals surface area contributed by atoms with Crippen LogP contribution in [-0.4, -0.2) is 47.5 Å². The zero-order chi connectivity index (χ0) is 15.0. The molecule has 2 aliphatic rings. The zero-order valence-corrected chi connectivity index (χ0v) is 11.3. The van der Waals surface area contributed by atoms with Crippen molar-refractivity contribution in [2.45, 2.75) is 31.2 Å². The van der Waals surface area contributed by atoms with Crippen LogP contribution in [0.2, 0.25) is 0 Å². The van der Waals surface area contributed by atoms with E-state index in [1.807, 2.05) is 0 Å². The smallest absolute Gasteiger partial charge is 0.367 e. The van der Waals surface area contributed by atoms with Gasteiger partial charge in [-0.15, -0.1) is 0 Å². The lowest BCUT2D eigenvalue weighted by molar-refractivity contribution is -0.138. The maximum atomic E-state index is 13.0. The molecule has 2 fully saturated rings. The van der Waals surface area contributed by atoms with Gasteiger partial charge in [-0.05, 0) is 25.5 Å². The van der Waals surface area contributed by atoms with Crippen LogP contribution in [0.25, 0.3) is 0 Å². The molecular formula is C14H15F3N2O2. The topological polar surface area (TPSA) is 42.4 Å². The molecule has 0 radical (unpaired) electrons. The number of halogens is 3. The van der Waals surface area contributed by atoms with Gasteiger partial charge in [0.2, 0.25) is 0 Å². The Balaban J connectivity index is 1.83. The van der Waals surface area contributed by atoms with Crippen molar-refractivity contribution < 1.29 is 22.7 Å². The van der Waals surface area contributed by atoms with E-state index in [0.717, 1.165) is 37.8 Å². The van der Waals surface area contributed by atoms with E-state index in [1.165, 1.54) is 0 Å². The highest BCUT2D eigenvalue weighted by Gasteiger charge is 2.40. The maximum Gasteiger partial charge on any atom is 0.417 e. The van der Waals surface area contributed by atoms with E-state index in [0.29, 0.717) is 19.2 Å². The number of Topliss-reactive ketones (excluding diaryl/α,β-unsaturated/α-hetero) is 1. The molecule has 2 aliphatic heterocycles. The summed E-state index contributed by atoms with van der Waals surface area (Å²) >= 11 is 0. The third kappa shape index (κ3) is 2.80. The zero-order valence-electron chi connectivity index (χ0n) is 11.3. The molecule has 0 N–H and O–H groups in total.